The summed E-state index contributed by atoms with van der Waals surface area (Å²) in [7, 11) is 0. The number of thioether (sulfide) groups is 2. The molecular weight excluding hydrogens is 600 g/mol. The lowest BCUT2D eigenvalue weighted by molar-refractivity contribution is -0.139. The fourth-order valence-corrected chi connectivity index (χ4v) is 6.20. The molecule has 0 fully saturated rings. The number of benzene rings is 2. The minimum atomic E-state index is -1.20. The number of nitrogens with zero attached hydrogens (tertiary/aromatic N) is 4. The standard InChI is InChI=1S/C33H27FN4O4S2/c1-32(2,30(39)40)44-27-13-16-38-29(28(27)21-7-5-20(6-8-21)11-14-35)42-31(41)33(3,4)43-26-12-15-37-19-24(26)22-9-10-23(18-36)25(34)17-22/h5-10,12-13,15-17,19H,11H2,1-4H3,(H,39,40). The van der Waals surface area contributed by atoms with Gasteiger partial charge in [0.1, 0.15) is 21.4 Å². The molecule has 0 aliphatic rings. The van der Waals surface area contributed by atoms with Crippen LogP contribution in [0.5, 0.6) is 5.88 Å². The van der Waals surface area contributed by atoms with E-state index >= 15 is 0 Å². The lowest BCUT2D eigenvalue weighted by atomic mass is 10.0. The molecule has 0 aliphatic carbocycles. The molecular formula is C33H27FN4O4S2. The van der Waals surface area contributed by atoms with E-state index in [0.29, 0.717) is 32.0 Å². The van der Waals surface area contributed by atoms with E-state index in [1.54, 1.807) is 88.6 Å². The number of aliphatic carboxylic acids is 1. The predicted molar refractivity (Wildman–Crippen MR) is 166 cm³/mol. The summed E-state index contributed by atoms with van der Waals surface area (Å²) in [6.45, 7) is 6.54. The van der Waals surface area contributed by atoms with Crippen molar-refractivity contribution in [2.24, 2.45) is 0 Å². The van der Waals surface area contributed by atoms with Crippen LogP contribution in [0.1, 0.15) is 38.8 Å². The van der Waals surface area contributed by atoms with Crippen molar-refractivity contribution in [3.05, 3.63) is 90.1 Å². The Morgan fingerprint density at radius 1 is 0.932 bits per heavy atom. The Morgan fingerprint density at radius 2 is 1.59 bits per heavy atom. The number of carbonyl (C=O) groups is 2. The van der Waals surface area contributed by atoms with E-state index in [4.69, 9.17) is 15.3 Å². The summed E-state index contributed by atoms with van der Waals surface area (Å²) in [5.41, 5.74) is 2.87. The van der Waals surface area contributed by atoms with Crippen LogP contribution in [-0.4, -0.2) is 36.5 Å². The molecule has 0 atom stereocenters. The maximum atomic E-state index is 14.4. The van der Waals surface area contributed by atoms with Gasteiger partial charge in [-0.2, -0.15) is 10.5 Å². The number of halogens is 1. The van der Waals surface area contributed by atoms with Gasteiger partial charge in [-0.3, -0.25) is 14.6 Å². The van der Waals surface area contributed by atoms with Gasteiger partial charge in [-0.05, 0) is 68.7 Å². The molecule has 0 unspecified atom stereocenters. The lowest BCUT2D eigenvalue weighted by Crippen LogP contribution is -2.33. The number of rotatable bonds is 10. The molecule has 4 rings (SSSR count). The van der Waals surface area contributed by atoms with Crippen LogP contribution in [0, 0.1) is 28.5 Å². The highest BCUT2D eigenvalue weighted by atomic mass is 32.2. The third kappa shape index (κ3) is 7.25. The summed E-state index contributed by atoms with van der Waals surface area (Å²) < 4.78 is 18.0. The third-order valence-electron chi connectivity index (χ3n) is 6.51. The molecule has 0 saturated carbocycles. The Kier molecular flexibility index (Phi) is 9.73. The van der Waals surface area contributed by atoms with Crippen molar-refractivity contribution in [2.75, 3.05) is 0 Å². The number of hydrogen-bond donors (Lipinski definition) is 1. The summed E-state index contributed by atoms with van der Waals surface area (Å²) >= 11 is 2.29. The van der Waals surface area contributed by atoms with Gasteiger partial charge in [0.05, 0.1) is 23.6 Å². The molecule has 0 aliphatic heterocycles. The first kappa shape index (κ1) is 32.2. The van der Waals surface area contributed by atoms with Crippen LogP contribution in [0.2, 0.25) is 0 Å². The number of carboxylic acid groups (broad SMARTS) is 1. The Hall–Kier alpha value is -4.71. The molecule has 0 spiro atoms. The van der Waals surface area contributed by atoms with Gasteiger partial charge in [0.15, 0.2) is 0 Å². The van der Waals surface area contributed by atoms with Crippen LogP contribution < -0.4 is 4.74 Å². The normalized spacial score (nSPS) is 11.3. The summed E-state index contributed by atoms with van der Waals surface area (Å²) in [5.74, 6) is -2.29. The van der Waals surface area contributed by atoms with Crippen LogP contribution in [0.15, 0.2) is 83.0 Å². The van der Waals surface area contributed by atoms with Crippen molar-refractivity contribution in [2.45, 2.75) is 53.4 Å². The minimum absolute atomic E-state index is 0.00649. The maximum Gasteiger partial charge on any atom is 0.328 e. The topological polar surface area (TPSA) is 137 Å². The number of carboxylic acids is 1. The Balaban J connectivity index is 1.70. The molecule has 11 heteroatoms. The number of hydrogen-bond acceptors (Lipinski definition) is 9. The highest BCUT2D eigenvalue weighted by molar-refractivity contribution is 8.01. The summed E-state index contributed by atoms with van der Waals surface area (Å²) in [6.07, 6.45) is 4.80. The van der Waals surface area contributed by atoms with Crippen molar-refractivity contribution in [3.8, 4) is 40.3 Å². The number of esters is 1. The van der Waals surface area contributed by atoms with Crippen molar-refractivity contribution in [3.63, 3.8) is 0 Å². The van der Waals surface area contributed by atoms with Gasteiger partial charge in [-0.15, -0.1) is 23.5 Å². The number of nitriles is 2. The number of carbonyl (C=O) groups excluding carboxylic acids is 1. The van der Waals surface area contributed by atoms with Crippen LogP contribution in [-0.2, 0) is 16.0 Å². The molecule has 4 aromatic rings. The van der Waals surface area contributed by atoms with Crippen molar-refractivity contribution in [1.29, 1.82) is 10.5 Å². The van der Waals surface area contributed by atoms with Gasteiger partial charge < -0.3 is 9.84 Å². The second-order valence-electron chi connectivity index (χ2n) is 10.6. The first-order chi connectivity index (χ1) is 20.9. The summed E-state index contributed by atoms with van der Waals surface area (Å²) in [5, 5.41) is 27.9. The zero-order valence-corrected chi connectivity index (χ0v) is 25.9. The second kappa shape index (κ2) is 13.3. The van der Waals surface area contributed by atoms with E-state index in [0.717, 1.165) is 17.3 Å². The minimum Gasteiger partial charge on any atom is -0.480 e. The first-order valence-corrected chi connectivity index (χ1v) is 14.9. The second-order valence-corrected chi connectivity index (χ2v) is 13.9. The van der Waals surface area contributed by atoms with Gasteiger partial charge in [-0.25, -0.2) is 9.37 Å². The van der Waals surface area contributed by atoms with Crippen molar-refractivity contribution >= 4 is 35.5 Å². The predicted octanol–water partition coefficient (Wildman–Crippen LogP) is 7.32. The number of ether oxygens (including phenoxy) is 1. The van der Waals surface area contributed by atoms with E-state index in [9.17, 15) is 19.1 Å². The van der Waals surface area contributed by atoms with Crippen LogP contribution in [0.4, 0.5) is 4.39 Å². The largest absolute Gasteiger partial charge is 0.480 e. The summed E-state index contributed by atoms with van der Waals surface area (Å²) in [6, 6.07) is 18.7. The molecule has 8 nitrogen and oxygen atoms in total. The highest BCUT2D eigenvalue weighted by Gasteiger charge is 2.35. The van der Waals surface area contributed by atoms with Crippen molar-refractivity contribution < 1.29 is 23.8 Å². The molecule has 2 aromatic heterocycles. The molecule has 1 N–H and O–H groups in total. The number of aromatic nitrogens is 2. The Morgan fingerprint density at radius 3 is 2.23 bits per heavy atom. The maximum absolute atomic E-state index is 14.4. The fourth-order valence-electron chi connectivity index (χ4n) is 4.04. The molecule has 222 valence electrons. The zero-order valence-electron chi connectivity index (χ0n) is 24.3. The quantitative estimate of drug-likeness (QED) is 0.141. The Labute approximate surface area is 262 Å². The highest BCUT2D eigenvalue weighted by Crippen LogP contribution is 2.44. The molecule has 2 aromatic carbocycles. The molecule has 44 heavy (non-hydrogen) atoms. The smallest absolute Gasteiger partial charge is 0.328 e. The molecule has 0 amide bonds. The van der Waals surface area contributed by atoms with E-state index in [1.807, 2.05) is 0 Å². The first-order valence-electron chi connectivity index (χ1n) is 13.3. The zero-order chi connectivity index (χ0) is 32.1. The van der Waals surface area contributed by atoms with Gasteiger partial charge in [0.2, 0.25) is 5.88 Å². The SMILES string of the molecule is CC(C)(Sc1ccnc(OC(=O)C(C)(C)Sc2ccncc2-c2ccc(C#N)c(F)c2)c1-c1ccc(CC#N)cc1)C(=O)O. The molecule has 2 heterocycles. The fraction of sp³-hybridized carbons (Fsp3) is 0.212. The Bertz CT molecular complexity index is 1810. The van der Waals surface area contributed by atoms with Crippen molar-refractivity contribution in [1.82, 2.24) is 9.97 Å². The average molecular weight is 627 g/mol. The van der Waals surface area contributed by atoms with E-state index in [1.165, 1.54) is 30.1 Å². The average Bonchev–Trinajstić information content (AvgIpc) is 2.98. The van der Waals surface area contributed by atoms with E-state index in [-0.39, 0.29) is 17.9 Å². The number of pyridine rings is 2. The molecule has 0 radical (unpaired) electrons. The van der Waals surface area contributed by atoms with Crippen LogP contribution in [0.3, 0.4) is 0 Å². The third-order valence-corrected chi connectivity index (χ3v) is 9.01. The van der Waals surface area contributed by atoms with Crippen LogP contribution in [0.25, 0.3) is 22.3 Å². The summed E-state index contributed by atoms with van der Waals surface area (Å²) in [4.78, 5) is 35.4. The monoisotopic (exact) mass is 626 g/mol. The van der Waals surface area contributed by atoms with E-state index < -0.39 is 27.2 Å². The van der Waals surface area contributed by atoms with Gasteiger partial charge in [0.25, 0.3) is 0 Å². The molecule has 0 bridgehead atoms. The lowest BCUT2D eigenvalue weighted by Gasteiger charge is -2.25. The van der Waals surface area contributed by atoms with Gasteiger partial charge in [-0.1, -0.05) is 30.3 Å². The van der Waals surface area contributed by atoms with E-state index in [2.05, 4.69) is 16.0 Å². The molecule has 0 saturated heterocycles. The van der Waals surface area contributed by atoms with Gasteiger partial charge in [0, 0.05) is 33.9 Å². The van der Waals surface area contributed by atoms with Crippen LogP contribution >= 0.6 is 23.5 Å². The van der Waals surface area contributed by atoms with Gasteiger partial charge >= 0.3 is 11.9 Å².